The monoisotopic (exact) mass is 375 g/mol. The van der Waals surface area contributed by atoms with Gasteiger partial charge in [-0.15, -0.1) is 0 Å². The minimum Gasteiger partial charge on any atom is -0.506 e. The van der Waals surface area contributed by atoms with E-state index in [9.17, 15) is 24.3 Å². The fourth-order valence-corrected chi connectivity index (χ4v) is 2.61. The minimum absolute atomic E-state index is 0.150. The lowest BCUT2D eigenvalue weighted by atomic mass is 10.1. The minimum atomic E-state index is -0.945. The highest BCUT2D eigenvalue weighted by Crippen LogP contribution is 2.26. The maximum atomic E-state index is 12.7. The standard InChI is InChI=1S/C18H21N3O6/c1-3-10-21-12-7-5-4-6-11(12)16(24)15(18(21)26)17(25)20-19-13(22)8-9-14(23)27-2/h4-7,24H,3,8-10H2,1-2H3,(H,19,22)(H,20,25). The third-order valence-electron chi connectivity index (χ3n) is 3.92. The number of aryl methyl sites for hydroxylation is 1. The van der Waals surface area contributed by atoms with Crippen LogP contribution in [-0.2, 0) is 20.9 Å². The van der Waals surface area contributed by atoms with Crippen LogP contribution in [0.4, 0.5) is 0 Å². The summed E-state index contributed by atoms with van der Waals surface area (Å²) in [4.78, 5) is 47.8. The zero-order valence-corrected chi connectivity index (χ0v) is 15.1. The Kier molecular flexibility index (Phi) is 6.53. The largest absolute Gasteiger partial charge is 0.506 e. The zero-order chi connectivity index (χ0) is 20.0. The lowest BCUT2D eigenvalue weighted by Gasteiger charge is -2.14. The molecule has 0 saturated heterocycles. The second kappa shape index (κ2) is 8.84. The number of benzene rings is 1. The van der Waals surface area contributed by atoms with E-state index < -0.39 is 34.7 Å². The van der Waals surface area contributed by atoms with Crippen molar-refractivity contribution in [3.63, 3.8) is 0 Å². The Bertz CT molecular complexity index is 935. The molecule has 0 saturated carbocycles. The van der Waals surface area contributed by atoms with Crippen molar-refractivity contribution in [3.8, 4) is 5.75 Å². The number of hydrogen-bond acceptors (Lipinski definition) is 6. The lowest BCUT2D eigenvalue weighted by molar-refractivity contribution is -0.142. The van der Waals surface area contributed by atoms with Crippen molar-refractivity contribution in [2.45, 2.75) is 32.7 Å². The summed E-state index contributed by atoms with van der Waals surface area (Å²) < 4.78 is 5.83. The molecule has 1 heterocycles. The van der Waals surface area contributed by atoms with Crippen LogP contribution < -0.4 is 16.4 Å². The zero-order valence-electron chi connectivity index (χ0n) is 15.1. The summed E-state index contributed by atoms with van der Waals surface area (Å²) >= 11 is 0. The van der Waals surface area contributed by atoms with E-state index in [0.717, 1.165) is 0 Å². The number of hydrazine groups is 1. The van der Waals surface area contributed by atoms with E-state index in [0.29, 0.717) is 23.9 Å². The third-order valence-corrected chi connectivity index (χ3v) is 3.92. The molecule has 1 aromatic carbocycles. The molecule has 0 unspecified atom stereocenters. The fourth-order valence-electron chi connectivity index (χ4n) is 2.61. The summed E-state index contributed by atoms with van der Waals surface area (Å²) in [6.07, 6.45) is 0.305. The molecule has 0 aliphatic rings. The second-order valence-corrected chi connectivity index (χ2v) is 5.78. The van der Waals surface area contributed by atoms with Gasteiger partial charge >= 0.3 is 5.97 Å². The molecule has 0 aliphatic heterocycles. The molecule has 9 nitrogen and oxygen atoms in total. The SMILES string of the molecule is CCCn1c(=O)c(C(=O)NNC(=O)CCC(=O)OC)c(O)c2ccccc21. The number of pyridine rings is 1. The van der Waals surface area contributed by atoms with Gasteiger partial charge in [0.25, 0.3) is 11.5 Å². The molecule has 0 aliphatic carbocycles. The molecule has 2 rings (SSSR count). The Morgan fingerprint density at radius 1 is 1.15 bits per heavy atom. The number of ether oxygens (including phenoxy) is 1. The Hall–Kier alpha value is -3.36. The molecule has 0 spiro atoms. The van der Waals surface area contributed by atoms with Gasteiger partial charge < -0.3 is 14.4 Å². The maximum absolute atomic E-state index is 12.7. The maximum Gasteiger partial charge on any atom is 0.306 e. The molecule has 0 atom stereocenters. The first-order valence-electron chi connectivity index (χ1n) is 8.41. The molecular formula is C18H21N3O6. The van der Waals surface area contributed by atoms with E-state index in [1.54, 1.807) is 24.3 Å². The van der Waals surface area contributed by atoms with E-state index in [1.165, 1.54) is 11.7 Å². The highest BCUT2D eigenvalue weighted by molar-refractivity contribution is 6.02. The van der Waals surface area contributed by atoms with Crippen LogP contribution in [0.1, 0.15) is 36.5 Å². The van der Waals surface area contributed by atoms with Crippen molar-refractivity contribution in [1.29, 1.82) is 0 Å². The van der Waals surface area contributed by atoms with Gasteiger partial charge in [-0.3, -0.25) is 30.0 Å². The van der Waals surface area contributed by atoms with Crippen LogP contribution in [-0.4, -0.2) is 34.6 Å². The predicted molar refractivity (Wildman–Crippen MR) is 97.0 cm³/mol. The van der Waals surface area contributed by atoms with Crippen molar-refractivity contribution in [3.05, 3.63) is 40.2 Å². The summed E-state index contributed by atoms with van der Waals surface area (Å²) in [5.41, 5.74) is 3.59. The molecule has 3 N–H and O–H groups in total. The summed E-state index contributed by atoms with van der Waals surface area (Å²) in [6, 6.07) is 6.69. The van der Waals surface area contributed by atoms with Crippen molar-refractivity contribution < 1.29 is 24.2 Å². The molecule has 0 radical (unpaired) electrons. The summed E-state index contributed by atoms with van der Waals surface area (Å²) in [6.45, 7) is 2.25. The van der Waals surface area contributed by atoms with E-state index in [-0.39, 0.29) is 12.8 Å². The van der Waals surface area contributed by atoms with Gasteiger partial charge in [0.15, 0.2) is 0 Å². The van der Waals surface area contributed by atoms with Crippen LogP contribution in [0.25, 0.3) is 10.9 Å². The molecule has 2 amide bonds. The molecule has 9 heteroatoms. The molecule has 144 valence electrons. The summed E-state index contributed by atoms with van der Waals surface area (Å²) in [5.74, 6) is -2.60. The number of fused-ring (bicyclic) bond motifs is 1. The van der Waals surface area contributed by atoms with Crippen LogP contribution in [0.3, 0.4) is 0 Å². The number of para-hydroxylation sites is 1. The number of esters is 1. The van der Waals surface area contributed by atoms with Crippen LogP contribution in [0.15, 0.2) is 29.1 Å². The Labute approximate surface area is 154 Å². The third kappa shape index (κ3) is 4.43. The average molecular weight is 375 g/mol. The number of aromatic hydroxyl groups is 1. The highest BCUT2D eigenvalue weighted by atomic mass is 16.5. The predicted octanol–water partition coefficient (Wildman–Crippen LogP) is 0.831. The topological polar surface area (TPSA) is 127 Å². The van der Waals surface area contributed by atoms with Crippen LogP contribution in [0, 0.1) is 0 Å². The molecular weight excluding hydrogens is 354 g/mol. The first kappa shape index (κ1) is 20.0. The van der Waals surface area contributed by atoms with Gasteiger partial charge in [-0.05, 0) is 18.6 Å². The van der Waals surface area contributed by atoms with Gasteiger partial charge in [0, 0.05) is 18.4 Å². The number of methoxy groups -OCH3 is 1. The smallest absolute Gasteiger partial charge is 0.306 e. The summed E-state index contributed by atoms with van der Waals surface area (Å²) in [7, 11) is 1.20. The first-order valence-corrected chi connectivity index (χ1v) is 8.41. The van der Waals surface area contributed by atoms with E-state index in [2.05, 4.69) is 15.6 Å². The normalized spacial score (nSPS) is 10.4. The first-order chi connectivity index (χ1) is 12.9. The highest BCUT2D eigenvalue weighted by Gasteiger charge is 2.22. The summed E-state index contributed by atoms with van der Waals surface area (Å²) in [5, 5.41) is 10.8. The van der Waals surface area contributed by atoms with Crippen molar-refractivity contribution >= 4 is 28.7 Å². The Balaban J connectivity index is 2.27. The van der Waals surface area contributed by atoms with E-state index >= 15 is 0 Å². The molecule has 0 fully saturated rings. The second-order valence-electron chi connectivity index (χ2n) is 5.78. The van der Waals surface area contributed by atoms with E-state index in [4.69, 9.17) is 0 Å². The number of aromatic nitrogens is 1. The molecule has 27 heavy (non-hydrogen) atoms. The van der Waals surface area contributed by atoms with Gasteiger partial charge in [0.05, 0.1) is 19.0 Å². The molecule has 2 aromatic rings. The quantitative estimate of drug-likeness (QED) is 0.507. The van der Waals surface area contributed by atoms with Crippen molar-refractivity contribution in [2.24, 2.45) is 0 Å². The Morgan fingerprint density at radius 3 is 2.52 bits per heavy atom. The number of nitrogens with one attached hydrogen (secondary N) is 2. The number of nitrogens with zero attached hydrogens (tertiary/aromatic N) is 1. The van der Waals surface area contributed by atoms with Gasteiger partial charge in [-0.25, -0.2) is 0 Å². The Morgan fingerprint density at radius 2 is 1.85 bits per heavy atom. The van der Waals surface area contributed by atoms with Crippen LogP contribution >= 0.6 is 0 Å². The average Bonchev–Trinajstić information content (AvgIpc) is 2.67. The van der Waals surface area contributed by atoms with Crippen LogP contribution in [0.2, 0.25) is 0 Å². The lowest BCUT2D eigenvalue weighted by Crippen LogP contribution is -2.44. The van der Waals surface area contributed by atoms with E-state index in [1.807, 2.05) is 6.92 Å². The fraction of sp³-hybridized carbons (Fsp3) is 0.333. The van der Waals surface area contributed by atoms with Gasteiger partial charge in [0.1, 0.15) is 11.3 Å². The number of rotatable bonds is 6. The van der Waals surface area contributed by atoms with Crippen LogP contribution in [0.5, 0.6) is 5.75 Å². The van der Waals surface area contributed by atoms with Gasteiger partial charge in [-0.2, -0.15) is 0 Å². The van der Waals surface area contributed by atoms with Gasteiger partial charge in [0.2, 0.25) is 5.91 Å². The number of carbonyl (C=O) groups is 3. The number of carbonyl (C=O) groups excluding carboxylic acids is 3. The molecule has 0 bridgehead atoms. The number of hydrogen-bond donors (Lipinski definition) is 3. The van der Waals surface area contributed by atoms with Crippen molar-refractivity contribution in [2.75, 3.05) is 7.11 Å². The van der Waals surface area contributed by atoms with Crippen molar-refractivity contribution in [1.82, 2.24) is 15.4 Å². The van der Waals surface area contributed by atoms with Gasteiger partial charge in [-0.1, -0.05) is 19.1 Å². The molecule has 1 aromatic heterocycles. The number of amides is 2.